The van der Waals surface area contributed by atoms with Gasteiger partial charge in [-0.05, 0) is 11.4 Å². The highest BCUT2D eigenvalue weighted by Crippen LogP contribution is 2.25. The maximum Gasteiger partial charge on any atom is 0.326 e. The van der Waals surface area contributed by atoms with Gasteiger partial charge in [0.25, 0.3) is 5.91 Å². The van der Waals surface area contributed by atoms with Crippen LogP contribution in [0, 0.1) is 0 Å². The first-order valence-electron chi connectivity index (χ1n) is 5.71. The molecule has 0 saturated heterocycles. The van der Waals surface area contributed by atoms with Gasteiger partial charge in [0, 0.05) is 16.3 Å². The highest BCUT2D eigenvalue weighted by atomic mass is 32.1. The number of thiophene rings is 1. The highest BCUT2D eigenvalue weighted by molar-refractivity contribution is 7.14. The Kier molecular flexibility index (Phi) is 4.66. The average molecular weight is 326 g/mol. The zero-order valence-electron chi connectivity index (χ0n) is 10.5. The zero-order valence-corrected chi connectivity index (χ0v) is 12.1. The van der Waals surface area contributed by atoms with Crippen molar-refractivity contribution in [2.24, 2.45) is 0 Å². The fraction of sp³-hybridized carbons (Fsp3) is 0.167. The van der Waals surface area contributed by atoms with Crippen LogP contribution in [0.4, 0.5) is 0 Å². The molecule has 2 aromatic rings. The molecule has 7 nitrogen and oxygen atoms in total. The number of carbonyl (C=O) groups is 3. The molecule has 0 fully saturated rings. The lowest BCUT2D eigenvalue weighted by Gasteiger charge is -2.10. The van der Waals surface area contributed by atoms with E-state index in [2.05, 4.69) is 10.3 Å². The predicted octanol–water partition coefficient (Wildman–Crippen LogP) is 1.53. The second-order valence-corrected chi connectivity index (χ2v) is 5.65. The number of carbonyl (C=O) groups excluding carboxylic acids is 1. The molecule has 0 bridgehead atoms. The topological polar surface area (TPSA) is 117 Å². The second kappa shape index (κ2) is 6.46. The fourth-order valence-electron chi connectivity index (χ4n) is 1.50. The molecule has 0 aliphatic rings. The Morgan fingerprint density at radius 3 is 2.62 bits per heavy atom. The van der Waals surface area contributed by atoms with Crippen molar-refractivity contribution in [3.63, 3.8) is 0 Å². The van der Waals surface area contributed by atoms with Crippen LogP contribution in [-0.2, 0) is 9.59 Å². The summed E-state index contributed by atoms with van der Waals surface area (Å²) in [5.41, 5.74) is 0.946. The summed E-state index contributed by atoms with van der Waals surface area (Å²) in [5.74, 6) is -3.42. The molecule has 2 heterocycles. The normalized spacial score (nSPS) is 11.8. The molecule has 0 radical (unpaired) electrons. The van der Waals surface area contributed by atoms with Crippen molar-refractivity contribution >= 4 is 40.5 Å². The summed E-state index contributed by atoms with van der Waals surface area (Å²) in [7, 11) is 0. The van der Waals surface area contributed by atoms with Gasteiger partial charge in [0.1, 0.15) is 16.7 Å². The number of rotatable bonds is 6. The van der Waals surface area contributed by atoms with E-state index < -0.39 is 30.3 Å². The third-order valence-corrected chi connectivity index (χ3v) is 4.06. The van der Waals surface area contributed by atoms with Crippen molar-refractivity contribution in [1.82, 2.24) is 10.3 Å². The van der Waals surface area contributed by atoms with Gasteiger partial charge in [-0.25, -0.2) is 9.78 Å². The van der Waals surface area contributed by atoms with Crippen LogP contribution in [0.5, 0.6) is 0 Å². The van der Waals surface area contributed by atoms with Crippen molar-refractivity contribution in [3.05, 3.63) is 27.9 Å². The number of nitrogens with zero attached hydrogens (tertiary/aromatic N) is 1. The Balaban J connectivity index is 2.09. The fourth-order valence-corrected chi connectivity index (χ4v) is 3.02. The van der Waals surface area contributed by atoms with Crippen LogP contribution in [0.15, 0.2) is 22.2 Å². The van der Waals surface area contributed by atoms with Gasteiger partial charge in [-0.1, -0.05) is 0 Å². The van der Waals surface area contributed by atoms with E-state index in [-0.39, 0.29) is 5.69 Å². The van der Waals surface area contributed by atoms with E-state index in [1.54, 1.807) is 0 Å². The Morgan fingerprint density at radius 1 is 1.29 bits per heavy atom. The van der Waals surface area contributed by atoms with E-state index in [1.807, 2.05) is 16.8 Å². The third-order valence-electron chi connectivity index (χ3n) is 2.49. The Labute approximate surface area is 126 Å². The number of amides is 1. The molecule has 0 aromatic carbocycles. The van der Waals surface area contributed by atoms with Gasteiger partial charge in [0.2, 0.25) is 0 Å². The van der Waals surface area contributed by atoms with Crippen LogP contribution >= 0.6 is 22.7 Å². The third kappa shape index (κ3) is 3.86. The molecule has 2 rings (SSSR count). The van der Waals surface area contributed by atoms with Crippen LogP contribution in [0.2, 0.25) is 0 Å². The summed E-state index contributed by atoms with van der Waals surface area (Å²) in [6.45, 7) is 0. The minimum atomic E-state index is -1.48. The lowest BCUT2D eigenvalue weighted by molar-refractivity contribution is -0.145. The van der Waals surface area contributed by atoms with E-state index in [9.17, 15) is 14.4 Å². The van der Waals surface area contributed by atoms with Crippen molar-refractivity contribution in [1.29, 1.82) is 0 Å². The summed E-state index contributed by atoms with van der Waals surface area (Å²) in [6.07, 6.45) is -0.692. The Bertz CT molecular complexity index is 665. The van der Waals surface area contributed by atoms with Crippen LogP contribution in [-0.4, -0.2) is 39.1 Å². The second-order valence-electron chi connectivity index (χ2n) is 4.01. The van der Waals surface area contributed by atoms with E-state index >= 15 is 0 Å². The van der Waals surface area contributed by atoms with Gasteiger partial charge >= 0.3 is 11.9 Å². The first-order chi connectivity index (χ1) is 9.97. The zero-order chi connectivity index (χ0) is 15.4. The molecular weight excluding hydrogens is 316 g/mol. The first-order valence-corrected chi connectivity index (χ1v) is 7.53. The van der Waals surface area contributed by atoms with E-state index in [0.29, 0.717) is 5.01 Å². The summed E-state index contributed by atoms with van der Waals surface area (Å²) < 4.78 is 0. The van der Waals surface area contributed by atoms with Crippen molar-refractivity contribution < 1.29 is 24.6 Å². The Hall–Kier alpha value is -2.26. The SMILES string of the molecule is O=C(O)C[C@@H](NC(=O)c1csc(-c2ccsc2)n1)C(=O)O. The summed E-state index contributed by atoms with van der Waals surface area (Å²) in [5, 5.41) is 25.6. The number of aromatic nitrogens is 1. The van der Waals surface area contributed by atoms with Crippen LogP contribution < -0.4 is 5.32 Å². The molecule has 110 valence electrons. The Morgan fingerprint density at radius 2 is 2.05 bits per heavy atom. The van der Waals surface area contributed by atoms with Crippen molar-refractivity contribution in [2.75, 3.05) is 0 Å². The van der Waals surface area contributed by atoms with E-state index in [0.717, 1.165) is 5.56 Å². The number of hydrogen-bond acceptors (Lipinski definition) is 6. The molecular formula is C12H10N2O5S2. The van der Waals surface area contributed by atoms with Crippen molar-refractivity contribution in [3.8, 4) is 10.6 Å². The maximum atomic E-state index is 11.9. The van der Waals surface area contributed by atoms with Crippen molar-refractivity contribution in [2.45, 2.75) is 12.5 Å². The number of nitrogens with one attached hydrogen (secondary N) is 1. The average Bonchev–Trinajstić information content (AvgIpc) is 3.08. The number of carboxylic acid groups (broad SMARTS) is 2. The lowest BCUT2D eigenvalue weighted by atomic mass is 10.2. The van der Waals surface area contributed by atoms with Crippen LogP contribution in [0.25, 0.3) is 10.6 Å². The predicted molar refractivity (Wildman–Crippen MR) is 76.6 cm³/mol. The van der Waals surface area contributed by atoms with Crippen LogP contribution in [0.3, 0.4) is 0 Å². The molecule has 0 saturated carbocycles. The molecule has 0 aliphatic heterocycles. The summed E-state index contributed by atoms with van der Waals surface area (Å²) in [6, 6.07) is 0.372. The smallest absolute Gasteiger partial charge is 0.326 e. The highest BCUT2D eigenvalue weighted by Gasteiger charge is 2.24. The molecule has 3 N–H and O–H groups in total. The van der Waals surface area contributed by atoms with Gasteiger partial charge in [-0.15, -0.1) is 11.3 Å². The quantitative estimate of drug-likeness (QED) is 0.741. The van der Waals surface area contributed by atoms with Gasteiger partial charge in [0.05, 0.1) is 6.42 Å². The van der Waals surface area contributed by atoms with Gasteiger partial charge < -0.3 is 15.5 Å². The first kappa shape index (κ1) is 15.1. The van der Waals surface area contributed by atoms with Gasteiger partial charge in [-0.3, -0.25) is 9.59 Å². The number of aliphatic carboxylic acids is 2. The molecule has 0 spiro atoms. The summed E-state index contributed by atoms with van der Waals surface area (Å²) in [4.78, 5) is 37.5. The minimum absolute atomic E-state index is 0.0674. The van der Waals surface area contributed by atoms with Crippen LogP contribution in [0.1, 0.15) is 16.9 Å². The summed E-state index contributed by atoms with van der Waals surface area (Å²) >= 11 is 2.75. The van der Waals surface area contributed by atoms with Gasteiger partial charge in [0.15, 0.2) is 0 Å². The lowest BCUT2D eigenvalue weighted by Crippen LogP contribution is -2.42. The molecule has 9 heteroatoms. The minimum Gasteiger partial charge on any atom is -0.481 e. The molecule has 0 unspecified atom stereocenters. The number of thiazole rings is 1. The number of carboxylic acids is 2. The molecule has 1 atom stereocenters. The largest absolute Gasteiger partial charge is 0.481 e. The van der Waals surface area contributed by atoms with E-state index in [4.69, 9.17) is 10.2 Å². The number of hydrogen-bond donors (Lipinski definition) is 3. The van der Waals surface area contributed by atoms with E-state index in [1.165, 1.54) is 28.1 Å². The monoisotopic (exact) mass is 326 g/mol. The maximum absolute atomic E-state index is 11.9. The molecule has 2 aromatic heterocycles. The molecule has 0 aliphatic carbocycles. The van der Waals surface area contributed by atoms with Gasteiger partial charge in [-0.2, -0.15) is 11.3 Å². The molecule has 21 heavy (non-hydrogen) atoms. The molecule has 1 amide bonds. The standard InChI is InChI=1S/C12H10N2O5S2/c15-9(16)3-7(12(18)19)13-10(17)8-5-21-11(14-8)6-1-2-20-4-6/h1-2,4-5,7H,3H2,(H,13,17)(H,15,16)(H,18,19)/t7-/m1/s1.